The van der Waals surface area contributed by atoms with E-state index in [-0.39, 0.29) is 30.4 Å². The maximum Gasteiger partial charge on any atom is 0.228 e. The molecule has 3 heterocycles. The number of benzene rings is 2. The van der Waals surface area contributed by atoms with Gasteiger partial charge in [-0.05, 0) is 35.2 Å². The number of likely N-dealkylation sites (N-methyl/N-ethyl adjacent to an activating group) is 1. The molecule has 1 fully saturated rings. The summed E-state index contributed by atoms with van der Waals surface area (Å²) in [6.07, 6.45) is 4.82. The number of anilines is 1. The standard InChI is InChI=1S/C27H31N5O3/c1-30-15-24(28-17-30)19-4-3-5-21(12-19)25(16-32-9-8-22(33)14-32)31(2)27(35)11-18-6-7-20-13-26(34)29-23(20)10-18/h3-7,10,12,15,17,22,25,33H,8-9,11,13-14,16H2,1-2H3,(H,29,34)/t22-,25+/m0/s1. The Hall–Kier alpha value is -3.49. The number of fused-ring (bicyclic) bond motifs is 1. The fourth-order valence-electron chi connectivity index (χ4n) is 4.99. The minimum absolute atomic E-state index is 0.00209. The highest BCUT2D eigenvalue weighted by molar-refractivity contribution is 5.99. The van der Waals surface area contributed by atoms with Crippen LogP contribution in [0.2, 0.25) is 0 Å². The van der Waals surface area contributed by atoms with Crippen molar-refractivity contribution in [3.8, 4) is 11.3 Å². The number of amides is 2. The Bertz CT molecular complexity index is 1250. The van der Waals surface area contributed by atoms with Gasteiger partial charge in [-0.1, -0.05) is 30.3 Å². The van der Waals surface area contributed by atoms with Gasteiger partial charge in [0.1, 0.15) is 0 Å². The molecular weight excluding hydrogens is 442 g/mol. The van der Waals surface area contributed by atoms with Gasteiger partial charge in [0, 0.05) is 51.2 Å². The van der Waals surface area contributed by atoms with E-state index in [4.69, 9.17) is 0 Å². The average Bonchev–Trinajstić information content (AvgIpc) is 3.56. The van der Waals surface area contributed by atoms with Gasteiger partial charge in [0.2, 0.25) is 11.8 Å². The van der Waals surface area contributed by atoms with E-state index in [0.29, 0.717) is 19.5 Å². The molecule has 0 radical (unpaired) electrons. The molecule has 1 saturated heterocycles. The van der Waals surface area contributed by atoms with Crippen LogP contribution in [0.15, 0.2) is 55.0 Å². The molecule has 0 spiro atoms. The molecule has 5 rings (SSSR count). The zero-order chi connectivity index (χ0) is 24.5. The lowest BCUT2D eigenvalue weighted by molar-refractivity contribution is -0.131. The minimum Gasteiger partial charge on any atom is -0.392 e. The van der Waals surface area contributed by atoms with Crippen LogP contribution in [0.4, 0.5) is 5.69 Å². The second kappa shape index (κ2) is 9.64. The molecule has 0 saturated carbocycles. The molecule has 3 aromatic rings. The van der Waals surface area contributed by atoms with Crippen molar-refractivity contribution in [1.29, 1.82) is 0 Å². The maximum absolute atomic E-state index is 13.4. The van der Waals surface area contributed by atoms with Crippen LogP contribution in [0, 0.1) is 0 Å². The third-order valence-corrected chi connectivity index (χ3v) is 6.97. The van der Waals surface area contributed by atoms with E-state index in [1.54, 1.807) is 6.33 Å². The molecule has 182 valence electrons. The number of imidazole rings is 1. The molecule has 0 aliphatic carbocycles. The first kappa shape index (κ1) is 23.3. The fourth-order valence-corrected chi connectivity index (χ4v) is 4.99. The highest BCUT2D eigenvalue weighted by Gasteiger charge is 2.29. The predicted molar refractivity (Wildman–Crippen MR) is 134 cm³/mol. The highest BCUT2D eigenvalue weighted by Crippen LogP contribution is 2.29. The van der Waals surface area contributed by atoms with Crippen molar-refractivity contribution in [3.05, 3.63) is 71.7 Å². The first-order chi connectivity index (χ1) is 16.9. The molecular formula is C27H31N5O3. The SMILES string of the molecule is CN(C(=O)Cc1ccc2c(c1)NC(=O)C2)[C@H](CN1CC[C@H](O)C1)c1cccc(-c2cn(C)cn2)c1. The fraction of sp³-hybridized carbons (Fsp3) is 0.370. The normalized spacial score (nSPS) is 18.4. The van der Waals surface area contributed by atoms with E-state index in [2.05, 4.69) is 27.3 Å². The number of nitrogens with one attached hydrogen (secondary N) is 1. The lowest BCUT2D eigenvalue weighted by Gasteiger charge is -2.32. The topological polar surface area (TPSA) is 90.7 Å². The number of carbonyl (C=O) groups excluding carboxylic acids is 2. The first-order valence-corrected chi connectivity index (χ1v) is 12.0. The van der Waals surface area contributed by atoms with E-state index >= 15 is 0 Å². The van der Waals surface area contributed by atoms with Crippen molar-refractivity contribution in [3.63, 3.8) is 0 Å². The minimum atomic E-state index is -0.321. The van der Waals surface area contributed by atoms with Crippen molar-refractivity contribution in [2.45, 2.75) is 31.4 Å². The van der Waals surface area contributed by atoms with Gasteiger partial charge in [-0.15, -0.1) is 0 Å². The van der Waals surface area contributed by atoms with Crippen LogP contribution in [0.3, 0.4) is 0 Å². The molecule has 2 amide bonds. The van der Waals surface area contributed by atoms with Crippen LogP contribution < -0.4 is 5.32 Å². The number of nitrogens with zero attached hydrogens (tertiary/aromatic N) is 4. The van der Waals surface area contributed by atoms with Gasteiger partial charge in [0.15, 0.2) is 0 Å². The number of hydrogen-bond donors (Lipinski definition) is 2. The Morgan fingerprint density at radius 3 is 2.89 bits per heavy atom. The summed E-state index contributed by atoms with van der Waals surface area (Å²) in [5.41, 5.74) is 5.57. The van der Waals surface area contributed by atoms with Crippen molar-refractivity contribution >= 4 is 17.5 Å². The lowest BCUT2D eigenvalue weighted by atomic mass is 10.00. The molecule has 2 N–H and O–H groups in total. The quantitative estimate of drug-likeness (QED) is 0.550. The Labute approximate surface area is 205 Å². The number of aliphatic hydroxyl groups excluding tert-OH is 1. The van der Waals surface area contributed by atoms with Crippen molar-refractivity contribution < 1.29 is 14.7 Å². The molecule has 0 unspecified atom stereocenters. The predicted octanol–water partition coefficient (Wildman–Crippen LogP) is 2.39. The molecule has 2 aliphatic heterocycles. The number of rotatable bonds is 7. The Balaban J connectivity index is 1.39. The maximum atomic E-state index is 13.4. The number of β-amino-alcohol motifs (C(OH)–C–C–N with tert-alkyl or cyclic N) is 1. The number of aliphatic hydroxyl groups is 1. The van der Waals surface area contributed by atoms with Gasteiger partial charge in [-0.25, -0.2) is 4.98 Å². The van der Waals surface area contributed by atoms with E-state index in [1.807, 2.05) is 60.1 Å². The Morgan fingerprint density at radius 1 is 1.29 bits per heavy atom. The summed E-state index contributed by atoms with van der Waals surface area (Å²) in [4.78, 5) is 33.6. The second-order valence-electron chi connectivity index (χ2n) is 9.67. The van der Waals surface area contributed by atoms with Gasteiger partial charge in [-0.3, -0.25) is 14.5 Å². The van der Waals surface area contributed by atoms with Crippen LogP contribution in [0.5, 0.6) is 0 Å². The van der Waals surface area contributed by atoms with Crippen molar-refractivity contribution in [1.82, 2.24) is 19.4 Å². The van der Waals surface area contributed by atoms with Gasteiger partial charge < -0.3 is 19.9 Å². The van der Waals surface area contributed by atoms with Crippen LogP contribution >= 0.6 is 0 Å². The van der Waals surface area contributed by atoms with E-state index in [0.717, 1.165) is 46.6 Å². The van der Waals surface area contributed by atoms with Crippen LogP contribution in [-0.4, -0.2) is 69.1 Å². The van der Waals surface area contributed by atoms with Gasteiger partial charge in [0.05, 0.1) is 37.0 Å². The van der Waals surface area contributed by atoms with E-state index < -0.39 is 0 Å². The number of hydrogen-bond acceptors (Lipinski definition) is 5. The zero-order valence-corrected chi connectivity index (χ0v) is 20.1. The van der Waals surface area contributed by atoms with Crippen LogP contribution in [-0.2, 0) is 29.5 Å². The lowest BCUT2D eigenvalue weighted by Crippen LogP contribution is -2.39. The van der Waals surface area contributed by atoms with Crippen molar-refractivity contribution in [2.24, 2.45) is 7.05 Å². The second-order valence-corrected chi connectivity index (χ2v) is 9.67. The highest BCUT2D eigenvalue weighted by atomic mass is 16.3. The molecule has 2 aliphatic rings. The summed E-state index contributed by atoms with van der Waals surface area (Å²) in [7, 11) is 3.79. The number of carbonyl (C=O) groups is 2. The van der Waals surface area contributed by atoms with Gasteiger partial charge in [0.25, 0.3) is 0 Å². The molecule has 1 aromatic heterocycles. The molecule has 8 nitrogen and oxygen atoms in total. The van der Waals surface area contributed by atoms with Gasteiger partial charge in [-0.2, -0.15) is 0 Å². The molecule has 2 aromatic carbocycles. The number of aromatic nitrogens is 2. The molecule has 35 heavy (non-hydrogen) atoms. The number of likely N-dealkylation sites (tertiary alicyclic amines) is 1. The molecule has 2 atom stereocenters. The number of aryl methyl sites for hydroxylation is 1. The van der Waals surface area contributed by atoms with Crippen molar-refractivity contribution in [2.75, 3.05) is 32.0 Å². The first-order valence-electron chi connectivity index (χ1n) is 12.0. The van der Waals surface area contributed by atoms with Crippen LogP contribution in [0.25, 0.3) is 11.3 Å². The summed E-state index contributed by atoms with van der Waals surface area (Å²) in [5.74, 6) is -0.0106. The summed E-state index contributed by atoms with van der Waals surface area (Å²) < 4.78 is 1.92. The third kappa shape index (κ3) is 5.13. The smallest absolute Gasteiger partial charge is 0.228 e. The molecule has 0 bridgehead atoms. The molecule has 8 heteroatoms. The van der Waals surface area contributed by atoms with Gasteiger partial charge >= 0.3 is 0 Å². The third-order valence-electron chi connectivity index (χ3n) is 6.97. The largest absolute Gasteiger partial charge is 0.392 e. The van der Waals surface area contributed by atoms with E-state index in [1.165, 1.54) is 0 Å². The summed E-state index contributed by atoms with van der Waals surface area (Å²) in [5, 5.41) is 12.9. The van der Waals surface area contributed by atoms with Crippen LogP contribution in [0.1, 0.15) is 29.2 Å². The summed E-state index contributed by atoms with van der Waals surface area (Å²) >= 11 is 0. The Morgan fingerprint density at radius 2 is 2.14 bits per heavy atom. The zero-order valence-electron chi connectivity index (χ0n) is 20.1. The summed E-state index contributed by atoms with van der Waals surface area (Å²) in [6, 6.07) is 13.8. The monoisotopic (exact) mass is 473 g/mol. The van der Waals surface area contributed by atoms with E-state index in [9.17, 15) is 14.7 Å². The Kier molecular flexibility index (Phi) is 6.40. The average molecular weight is 474 g/mol. The summed E-state index contributed by atoms with van der Waals surface area (Å²) in [6.45, 7) is 2.07.